The number of anilines is 1. The number of aliphatic imine (C=N–C) groups is 1. The lowest BCUT2D eigenvalue weighted by Crippen LogP contribution is -2.22. The molecule has 1 saturated heterocycles. The molecule has 29 heavy (non-hydrogen) atoms. The monoisotopic (exact) mass is 419 g/mol. The summed E-state index contributed by atoms with van der Waals surface area (Å²) in [6, 6.07) is 6.21. The van der Waals surface area contributed by atoms with Crippen LogP contribution in [0.3, 0.4) is 0 Å². The van der Waals surface area contributed by atoms with E-state index in [0.29, 0.717) is 5.92 Å². The van der Waals surface area contributed by atoms with Crippen molar-refractivity contribution in [1.82, 2.24) is 4.31 Å². The number of rotatable bonds is 9. The van der Waals surface area contributed by atoms with Gasteiger partial charge < -0.3 is 19.5 Å². The Kier molecular flexibility index (Phi) is 9.04. The first kappa shape index (κ1) is 23.3. The molecule has 0 bridgehead atoms. The largest absolute Gasteiger partial charge is 0.481 e. The molecule has 1 aliphatic heterocycles. The summed E-state index contributed by atoms with van der Waals surface area (Å²) in [6.45, 7) is 9.00. The van der Waals surface area contributed by atoms with Crippen LogP contribution in [0.1, 0.15) is 40.0 Å². The molecule has 0 unspecified atom stereocenters. The summed E-state index contributed by atoms with van der Waals surface area (Å²) in [5.74, 6) is -0.207. The molecule has 1 aromatic carbocycles. The highest BCUT2D eigenvalue weighted by atomic mass is 32.2. The van der Waals surface area contributed by atoms with Crippen molar-refractivity contribution in [3.8, 4) is 0 Å². The number of benzene rings is 1. The van der Waals surface area contributed by atoms with Crippen LogP contribution in [-0.2, 0) is 9.53 Å². The first-order valence-corrected chi connectivity index (χ1v) is 10.8. The molecule has 2 rings (SSSR count). The predicted molar refractivity (Wildman–Crippen MR) is 121 cm³/mol. The zero-order chi connectivity index (χ0) is 21.3. The molecule has 7 heteroatoms. The smallest absolute Gasteiger partial charge is 0.307 e. The van der Waals surface area contributed by atoms with E-state index >= 15 is 0 Å². The maximum absolute atomic E-state index is 10.6. The Morgan fingerprint density at radius 1 is 1.38 bits per heavy atom. The van der Waals surface area contributed by atoms with Crippen LogP contribution in [0.4, 0.5) is 11.4 Å². The minimum atomic E-state index is -0.835. The van der Waals surface area contributed by atoms with E-state index in [1.54, 1.807) is 12.3 Å². The van der Waals surface area contributed by atoms with Gasteiger partial charge in [0.1, 0.15) is 0 Å². The van der Waals surface area contributed by atoms with E-state index in [2.05, 4.69) is 44.3 Å². The Morgan fingerprint density at radius 2 is 2.10 bits per heavy atom. The summed E-state index contributed by atoms with van der Waals surface area (Å²) in [5.41, 5.74) is 1.95. The number of carboxylic acid groups (broad SMARTS) is 1. The maximum atomic E-state index is 10.6. The van der Waals surface area contributed by atoms with Gasteiger partial charge in [-0.25, -0.2) is 0 Å². The van der Waals surface area contributed by atoms with Crippen molar-refractivity contribution in [3.05, 3.63) is 30.5 Å². The van der Waals surface area contributed by atoms with Gasteiger partial charge in [0.05, 0.1) is 17.8 Å². The lowest BCUT2D eigenvalue weighted by atomic mass is 9.99. The summed E-state index contributed by atoms with van der Waals surface area (Å²) < 4.78 is 7.34. The SMILES string of the molecule is CN(/C=C\CC(=O)O)Sc1ccc(NCC2CCOCC2)c(N=CC(C)(C)C)c1. The molecule has 160 valence electrons. The molecule has 0 saturated carbocycles. The van der Waals surface area contributed by atoms with Crippen LogP contribution in [0.5, 0.6) is 0 Å². The summed E-state index contributed by atoms with van der Waals surface area (Å²) in [6.07, 6.45) is 7.59. The molecule has 0 aromatic heterocycles. The van der Waals surface area contributed by atoms with Crippen LogP contribution in [0.15, 0.2) is 40.4 Å². The third-order valence-corrected chi connectivity index (χ3v) is 5.21. The Morgan fingerprint density at radius 3 is 2.76 bits per heavy atom. The molecular formula is C22H33N3O3S. The van der Waals surface area contributed by atoms with Crippen LogP contribution in [0.25, 0.3) is 0 Å². The Balaban J connectivity index is 2.10. The zero-order valence-corrected chi connectivity index (χ0v) is 18.7. The first-order chi connectivity index (χ1) is 13.7. The van der Waals surface area contributed by atoms with Gasteiger partial charge in [-0.1, -0.05) is 26.8 Å². The minimum Gasteiger partial charge on any atom is -0.481 e. The van der Waals surface area contributed by atoms with Crippen molar-refractivity contribution in [3.63, 3.8) is 0 Å². The number of hydrogen-bond donors (Lipinski definition) is 2. The van der Waals surface area contributed by atoms with Crippen LogP contribution >= 0.6 is 11.9 Å². The highest BCUT2D eigenvalue weighted by molar-refractivity contribution is 7.97. The zero-order valence-electron chi connectivity index (χ0n) is 17.9. The average Bonchev–Trinajstić information content (AvgIpc) is 2.65. The highest BCUT2D eigenvalue weighted by Gasteiger charge is 2.15. The standard InChI is InChI=1S/C22H33N3O3S/c1-22(2,3)16-24-20-14-18(29-25(4)11-5-6-21(26)27)7-8-19(20)23-15-17-9-12-28-13-10-17/h5,7-8,11,14,16-17,23H,6,9-10,12-13,15H2,1-4H3,(H,26,27)/b11-5-,24-16?. The van der Waals surface area contributed by atoms with Gasteiger partial charge >= 0.3 is 5.97 Å². The number of nitrogens with one attached hydrogen (secondary N) is 1. The van der Waals surface area contributed by atoms with E-state index in [1.165, 1.54) is 11.9 Å². The fourth-order valence-electron chi connectivity index (χ4n) is 2.79. The fourth-order valence-corrected chi connectivity index (χ4v) is 3.56. The number of carboxylic acids is 1. The van der Waals surface area contributed by atoms with E-state index in [9.17, 15) is 4.79 Å². The molecule has 1 aliphatic rings. The van der Waals surface area contributed by atoms with Crippen LogP contribution in [-0.4, -0.2) is 48.4 Å². The van der Waals surface area contributed by atoms with Gasteiger partial charge in [0, 0.05) is 44.1 Å². The molecule has 0 aliphatic carbocycles. The molecule has 1 aromatic rings. The van der Waals surface area contributed by atoms with Gasteiger partial charge in [0.25, 0.3) is 0 Å². The number of aliphatic carboxylic acids is 1. The lowest BCUT2D eigenvalue weighted by molar-refractivity contribution is -0.136. The van der Waals surface area contributed by atoms with Crippen LogP contribution < -0.4 is 5.32 Å². The number of carbonyl (C=O) groups is 1. The second-order valence-corrected chi connectivity index (χ2v) is 9.59. The van der Waals surface area contributed by atoms with E-state index in [1.807, 2.05) is 17.6 Å². The summed E-state index contributed by atoms with van der Waals surface area (Å²) >= 11 is 1.53. The van der Waals surface area contributed by atoms with E-state index in [4.69, 9.17) is 14.8 Å². The third kappa shape index (κ3) is 9.37. The normalized spacial score (nSPS) is 15.9. The Bertz CT molecular complexity index is 723. The minimum absolute atomic E-state index is 0.00249. The summed E-state index contributed by atoms with van der Waals surface area (Å²) in [5, 5.41) is 12.3. The summed E-state index contributed by atoms with van der Waals surface area (Å²) in [4.78, 5) is 16.4. The van der Waals surface area contributed by atoms with Crippen molar-refractivity contribution in [2.45, 2.75) is 44.9 Å². The summed E-state index contributed by atoms with van der Waals surface area (Å²) in [7, 11) is 1.90. The van der Waals surface area contributed by atoms with E-state index < -0.39 is 5.97 Å². The van der Waals surface area contributed by atoms with Gasteiger partial charge in [0.2, 0.25) is 0 Å². The molecular weight excluding hydrogens is 386 g/mol. The van der Waals surface area contributed by atoms with Crippen molar-refractivity contribution in [2.24, 2.45) is 16.3 Å². The highest BCUT2D eigenvalue weighted by Crippen LogP contribution is 2.33. The van der Waals surface area contributed by atoms with Gasteiger partial charge in [-0.3, -0.25) is 9.79 Å². The Labute approximate surface area is 178 Å². The van der Waals surface area contributed by atoms with Gasteiger partial charge in [-0.2, -0.15) is 0 Å². The van der Waals surface area contributed by atoms with Gasteiger partial charge in [0.15, 0.2) is 0 Å². The number of hydrogen-bond acceptors (Lipinski definition) is 6. The Hall–Kier alpha value is -1.99. The lowest BCUT2D eigenvalue weighted by Gasteiger charge is -2.23. The fraction of sp³-hybridized carbons (Fsp3) is 0.545. The molecule has 6 nitrogen and oxygen atoms in total. The molecule has 0 spiro atoms. The quantitative estimate of drug-likeness (QED) is 0.423. The van der Waals surface area contributed by atoms with E-state index in [-0.39, 0.29) is 11.8 Å². The van der Waals surface area contributed by atoms with E-state index in [0.717, 1.165) is 48.9 Å². The average molecular weight is 420 g/mol. The van der Waals surface area contributed by atoms with Crippen molar-refractivity contribution < 1.29 is 14.6 Å². The third-order valence-electron chi connectivity index (χ3n) is 4.34. The van der Waals surface area contributed by atoms with Crippen molar-refractivity contribution in [2.75, 3.05) is 32.1 Å². The molecule has 1 heterocycles. The molecule has 0 atom stereocenters. The van der Waals surface area contributed by atoms with Crippen LogP contribution in [0, 0.1) is 11.3 Å². The second kappa shape index (κ2) is 11.3. The van der Waals surface area contributed by atoms with Crippen molar-refractivity contribution >= 4 is 35.5 Å². The number of nitrogens with zero attached hydrogens (tertiary/aromatic N) is 2. The number of ether oxygens (including phenoxy) is 1. The first-order valence-electron chi connectivity index (χ1n) is 10.0. The molecule has 0 radical (unpaired) electrons. The van der Waals surface area contributed by atoms with Crippen LogP contribution in [0.2, 0.25) is 0 Å². The van der Waals surface area contributed by atoms with Gasteiger partial charge in [-0.15, -0.1) is 0 Å². The second-order valence-electron chi connectivity index (χ2n) is 8.36. The van der Waals surface area contributed by atoms with Crippen molar-refractivity contribution in [1.29, 1.82) is 0 Å². The van der Waals surface area contributed by atoms with Gasteiger partial charge in [-0.05, 0) is 54.3 Å². The predicted octanol–water partition coefficient (Wildman–Crippen LogP) is 5.20. The maximum Gasteiger partial charge on any atom is 0.307 e. The molecule has 1 fully saturated rings. The molecule has 0 amide bonds. The topological polar surface area (TPSA) is 74.2 Å². The molecule has 2 N–H and O–H groups in total.